The molecule has 0 heterocycles. The van der Waals surface area contributed by atoms with Gasteiger partial charge in [0.25, 0.3) is 0 Å². The van der Waals surface area contributed by atoms with Gasteiger partial charge in [-0.15, -0.1) is 0 Å². The number of carbonyl (C=O) groups is 1. The number of esters is 1. The fourth-order valence-electron chi connectivity index (χ4n) is 1.64. The first-order chi connectivity index (χ1) is 8.43. The Morgan fingerprint density at radius 3 is 2.33 bits per heavy atom. The van der Waals surface area contributed by atoms with Crippen LogP contribution < -0.4 is 0 Å². The second-order valence-electron chi connectivity index (χ2n) is 5.40. The van der Waals surface area contributed by atoms with Crippen molar-refractivity contribution in [3.8, 4) is 0 Å². The van der Waals surface area contributed by atoms with Gasteiger partial charge in [-0.1, -0.05) is 46.1 Å². The molecule has 1 N–H and O–H groups in total. The standard InChI is InChI=1S/C15H28O3/c1-12(2)9-7-5-6-8-10-13(3)15(17)18-11-14(4)16/h12,14,16H,3,5-11H2,1-2,4H3. The van der Waals surface area contributed by atoms with Crippen molar-refractivity contribution in [2.45, 2.75) is 65.4 Å². The molecular formula is C15H28O3. The minimum Gasteiger partial charge on any atom is -0.460 e. The molecule has 0 rings (SSSR count). The summed E-state index contributed by atoms with van der Waals surface area (Å²) in [7, 11) is 0. The van der Waals surface area contributed by atoms with Crippen LogP contribution >= 0.6 is 0 Å². The number of ether oxygens (including phenoxy) is 1. The fourth-order valence-corrected chi connectivity index (χ4v) is 1.64. The van der Waals surface area contributed by atoms with Crippen LogP contribution in [0.25, 0.3) is 0 Å². The van der Waals surface area contributed by atoms with E-state index < -0.39 is 6.10 Å². The summed E-state index contributed by atoms with van der Waals surface area (Å²) in [4.78, 5) is 11.4. The van der Waals surface area contributed by atoms with Crippen LogP contribution in [-0.2, 0) is 9.53 Å². The molecule has 0 fully saturated rings. The smallest absolute Gasteiger partial charge is 0.333 e. The molecule has 0 aromatic rings. The van der Waals surface area contributed by atoms with Crippen molar-refractivity contribution in [2.75, 3.05) is 6.61 Å². The second kappa shape index (κ2) is 10.1. The molecule has 0 bridgehead atoms. The van der Waals surface area contributed by atoms with Gasteiger partial charge in [-0.3, -0.25) is 0 Å². The lowest BCUT2D eigenvalue weighted by Crippen LogP contribution is -2.16. The summed E-state index contributed by atoms with van der Waals surface area (Å²) in [5.74, 6) is 0.397. The van der Waals surface area contributed by atoms with Gasteiger partial charge in [0.2, 0.25) is 0 Å². The molecule has 0 aromatic heterocycles. The second-order valence-corrected chi connectivity index (χ2v) is 5.40. The molecule has 0 aliphatic heterocycles. The van der Waals surface area contributed by atoms with Crippen LogP contribution in [0.1, 0.15) is 59.3 Å². The molecule has 1 unspecified atom stereocenters. The van der Waals surface area contributed by atoms with Gasteiger partial charge < -0.3 is 9.84 Å². The van der Waals surface area contributed by atoms with Crippen molar-refractivity contribution in [3.63, 3.8) is 0 Å². The zero-order chi connectivity index (χ0) is 14.0. The van der Waals surface area contributed by atoms with Crippen molar-refractivity contribution in [3.05, 3.63) is 12.2 Å². The minimum atomic E-state index is -0.613. The van der Waals surface area contributed by atoms with E-state index in [9.17, 15) is 4.79 Å². The summed E-state index contributed by atoms with van der Waals surface area (Å²) in [5, 5.41) is 8.99. The molecule has 0 amide bonds. The molecule has 18 heavy (non-hydrogen) atoms. The highest BCUT2D eigenvalue weighted by Crippen LogP contribution is 2.13. The summed E-state index contributed by atoms with van der Waals surface area (Å²) in [6.45, 7) is 9.83. The fraction of sp³-hybridized carbons (Fsp3) is 0.800. The summed E-state index contributed by atoms with van der Waals surface area (Å²) >= 11 is 0. The average molecular weight is 256 g/mol. The van der Waals surface area contributed by atoms with Crippen molar-refractivity contribution < 1.29 is 14.6 Å². The van der Waals surface area contributed by atoms with E-state index in [0.29, 0.717) is 12.0 Å². The van der Waals surface area contributed by atoms with Crippen molar-refractivity contribution in [2.24, 2.45) is 5.92 Å². The summed E-state index contributed by atoms with van der Waals surface area (Å²) in [6.07, 6.45) is 5.95. The Morgan fingerprint density at radius 1 is 1.17 bits per heavy atom. The first-order valence-electron chi connectivity index (χ1n) is 6.96. The maximum atomic E-state index is 11.4. The zero-order valence-electron chi connectivity index (χ0n) is 12.1. The molecule has 0 radical (unpaired) electrons. The molecule has 3 heteroatoms. The molecule has 0 aliphatic carbocycles. The predicted molar refractivity (Wildman–Crippen MR) is 74.3 cm³/mol. The SMILES string of the molecule is C=C(CCCCCCC(C)C)C(=O)OCC(C)O. The van der Waals surface area contributed by atoms with Gasteiger partial charge >= 0.3 is 5.97 Å². The van der Waals surface area contributed by atoms with Gasteiger partial charge in [-0.25, -0.2) is 4.79 Å². The van der Waals surface area contributed by atoms with E-state index in [0.717, 1.165) is 18.8 Å². The van der Waals surface area contributed by atoms with Crippen LogP contribution in [0.5, 0.6) is 0 Å². The Morgan fingerprint density at radius 2 is 1.78 bits per heavy atom. The van der Waals surface area contributed by atoms with Crippen LogP contribution in [0.15, 0.2) is 12.2 Å². The highest BCUT2D eigenvalue weighted by atomic mass is 16.5. The van der Waals surface area contributed by atoms with Crippen LogP contribution in [0.2, 0.25) is 0 Å². The number of hydrogen-bond donors (Lipinski definition) is 1. The Bertz CT molecular complexity index is 244. The van der Waals surface area contributed by atoms with E-state index in [-0.39, 0.29) is 12.6 Å². The molecule has 1 atom stereocenters. The first-order valence-corrected chi connectivity index (χ1v) is 6.96. The third-order valence-electron chi connectivity index (χ3n) is 2.75. The number of unbranched alkanes of at least 4 members (excludes halogenated alkanes) is 3. The van der Waals surface area contributed by atoms with E-state index in [4.69, 9.17) is 9.84 Å². The van der Waals surface area contributed by atoms with E-state index >= 15 is 0 Å². The van der Waals surface area contributed by atoms with Crippen molar-refractivity contribution in [1.29, 1.82) is 0 Å². The summed E-state index contributed by atoms with van der Waals surface area (Å²) in [5.41, 5.74) is 0.513. The van der Waals surface area contributed by atoms with E-state index in [1.807, 2.05) is 0 Å². The van der Waals surface area contributed by atoms with Crippen molar-refractivity contribution >= 4 is 5.97 Å². The predicted octanol–water partition coefficient (Wildman–Crippen LogP) is 3.46. The van der Waals surface area contributed by atoms with Crippen molar-refractivity contribution in [1.82, 2.24) is 0 Å². The molecule has 0 saturated heterocycles. The highest BCUT2D eigenvalue weighted by Gasteiger charge is 2.09. The lowest BCUT2D eigenvalue weighted by molar-refractivity contribution is -0.141. The maximum absolute atomic E-state index is 11.4. The van der Waals surface area contributed by atoms with Gasteiger partial charge in [0.05, 0.1) is 6.10 Å². The average Bonchev–Trinajstić information content (AvgIpc) is 2.29. The van der Waals surface area contributed by atoms with E-state index in [1.165, 1.54) is 19.3 Å². The Balaban J connectivity index is 3.49. The highest BCUT2D eigenvalue weighted by molar-refractivity contribution is 5.87. The maximum Gasteiger partial charge on any atom is 0.333 e. The topological polar surface area (TPSA) is 46.5 Å². The third kappa shape index (κ3) is 10.3. The minimum absolute atomic E-state index is 0.0479. The van der Waals surface area contributed by atoms with Crippen LogP contribution in [-0.4, -0.2) is 23.8 Å². The number of hydrogen-bond acceptors (Lipinski definition) is 3. The monoisotopic (exact) mass is 256 g/mol. The number of aliphatic hydroxyl groups is 1. The van der Waals surface area contributed by atoms with Gasteiger partial charge in [0, 0.05) is 5.57 Å². The van der Waals surface area contributed by atoms with E-state index in [1.54, 1.807) is 6.92 Å². The van der Waals surface area contributed by atoms with Gasteiger partial charge in [-0.05, 0) is 25.7 Å². The number of carbonyl (C=O) groups excluding carboxylic acids is 1. The van der Waals surface area contributed by atoms with Crippen LogP contribution in [0.3, 0.4) is 0 Å². The molecule has 0 aromatic carbocycles. The third-order valence-corrected chi connectivity index (χ3v) is 2.75. The molecule has 0 spiro atoms. The summed E-state index contributed by atoms with van der Waals surface area (Å²) < 4.78 is 4.89. The first kappa shape index (κ1) is 17.2. The Kier molecular flexibility index (Phi) is 9.66. The zero-order valence-corrected chi connectivity index (χ0v) is 12.1. The number of aliphatic hydroxyl groups excluding tert-OH is 1. The van der Waals surface area contributed by atoms with Gasteiger partial charge in [0.1, 0.15) is 6.61 Å². The molecule has 106 valence electrons. The molecule has 3 nitrogen and oxygen atoms in total. The Labute approximate surface area is 111 Å². The molecule has 0 saturated carbocycles. The quantitative estimate of drug-likeness (QED) is 0.370. The summed E-state index contributed by atoms with van der Waals surface area (Å²) in [6, 6.07) is 0. The Hall–Kier alpha value is -0.830. The lowest BCUT2D eigenvalue weighted by atomic mass is 10.0. The van der Waals surface area contributed by atoms with Gasteiger partial charge in [0.15, 0.2) is 0 Å². The van der Waals surface area contributed by atoms with Crippen LogP contribution in [0, 0.1) is 5.92 Å². The largest absolute Gasteiger partial charge is 0.460 e. The van der Waals surface area contributed by atoms with Gasteiger partial charge in [-0.2, -0.15) is 0 Å². The molecule has 0 aliphatic rings. The number of rotatable bonds is 10. The van der Waals surface area contributed by atoms with E-state index in [2.05, 4.69) is 20.4 Å². The molecular weight excluding hydrogens is 228 g/mol. The normalized spacial score (nSPS) is 12.5. The van der Waals surface area contributed by atoms with Crippen LogP contribution in [0.4, 0.5) is 0 Å². The lowest BCUT2D eigenvalue weighted by Gasteiger charge is -2.08.